The van der Waals surface area contributed by atoms with E-state index in [4.69, 9.17) is 15.1 Å². The summed E-state index contributed by atoms with van der Waals surface area (Å²) in [4.78, 5) is 15.3. The minimum absolute atomic E-state index is 0.0648. The molecule has 0 atom stereocenters. The Labute approximate surface area is 125 Å². The van der Waals surface area contributed by atoms with Crippen LogP contribution in [0.4, 0.5) is 4.79 Å². The summed E-state index contributed by atoms with van der Waals surface area (Å²) >= 11 is 1.50. The van der Waals surface area contributed by atoms with Crippen molar-refractivity contribution in [3.63, 3.8) is 0 Å². The van der Waals surface area contributed by atoms with Crippen LogP contribution in [0.1, 0.15) is 37.8 Å². The number of ether oxygens (including phenoxy) is 1. The number of amides is 1. The minimum Gasteiger partial charge on any atom is -0.467 e. The van der Waals surface area contributed by atoms with Crippen molar-refractivity contribution >= 4 is 17.4 Å². The van der Waals surface area contributed by atoms with Crippen LogP contribution in [0.25, 0.3) is 0 Å². The van der Waals surface area contributed by atoms with Crippen LogP contribution in [0, 0.1) is 17.2 Å². The Bertz CT molecular complexity index is 624. The molecular formula is C14H15N3O3S. The SMILES string of the molecule is N#CC1CC(Oc2nc(C34CC(NC(=O)O)(C3)C4)cs2)C1. The maximum Gasteiger partial charge on any atom is 0.405 e. The lowest BCUT2D eigenvalue weighted by molar-refractivity contribution is -0.0848. The van der Waals surface area contributed by atoms with E-state index in [-0.39, 0.29) is 23.0 Å². The molecule has 1 aromatic heterocycles. The summed E-state index contributed by atoms with van der Waals surface area (Å²) in [6.07, 6.45) is 3.30. The predicted octanol–water partition coefficient (Wildman–Crippen LogP) is 2.27. The molecule has 0 aromatic carbocycles. The highest BCUT2D eigenvalue weighted by Crippen LogP contribution is 2.67. The fourth-order valence-electron chi connectivity index (χ4n) is 3.88. The second-order valence-electron chi connectivity index (χ2n) is 6.56. The Morgan fingerprint density at radius 1 is 1.52 bits per heavy atom. The zero-order valence-electron chi connectivity index (χ0n) is 11.3. The van der Waals surface area contributed by atoms with Gasteiger partial charge in [0.1, 0.15) is 6.10 Å². The number of nitrogens with zero attached hydrogens (tertiary/aromatic N) is 2. The molecule has 1 heterocycles. The lowest BCUT2D eigenvalue weighted by Crippen LogP contribution is -2.76. The lowest BCUT2D eigenvalue weighted by Gasteiger charge is -2.69. The van der Waals surface area contributed by atoms with Gasteiger partial charge in [0, 0.05) is 29.2 Å². The molecule has 21 heavy (non-hydrogen) atoms. The summed E-state index contributed by atoms with van der Waals surface area (Å²) < 4.78 is 5.78. The molecule has 1 amide bonds. The van der Waals surface area contributed by atoms with Crippen LogP contribution in [-0.4, -0.2) is 27.8 Å². The van der Waals surface area contributed by atoms with Crippen LogP contribution in [0.5, 0.6) is 5.19 Å². The van der Waals surface area contributed by atoms with Gasteiger partial charge < -0.3 is 15.2 Å². The number of nitriles is 1. The minimum atomic E-state index is -0.942. The van der Waals surface area contributed by atoms with Gasteiger partial charge >= 0.3 is 6.09 Å². The molecule has 2 N–H and O–H groups in total. The molecule has 4 fully saturated rings. The molecule has 110 valence electrons. The van der Waals surface area contributed by atoms with Gasteiger partial charge in [-0.05, 0) is 19.3 Å². The van der Waals surface area contributed by atoms with Crippen LogP contribution in [-0.2, 0) is 5.41 Å². The summed E-state index contributed by atoms with van der Waals surface area (Å²) in [6, 6.07) is 2.24. The molecule has 0 unspecified atom stereocenters. The van der Waals surface area contributed by atoms with E-state index in [2.05, 4.69) is 16.4 Å². The normalized spacial score (nSPS) is 39.2. The Morgan fingerprint density at radius 3 is 2.86 bits per heavy atom. The van der Waals surface area contributed by atoms with Crippen molar-refractivity contribution in [1.29, 1.82) is 5.26 Å². The highest BCUT2D eigenvalue weighted by molar-refractivity contribution is 7.11. The van der Waals surface area contributed by atoms with E-state index in [9.17, 15) is 4.79 Å². The van der Waals surface area contributed by atoms with Crippen molar-refractivity contribution in [3.05, 3.63) is 11.1 Å². The molecule has 1 aromatic rings. The molecule has 4 aliphatic carbocycles. The fourth-order valence-corrected chi connectivity index (χ4v) is 4.74. The van der Waals surface area contributed by atoms with Crippen LogP contribution < -0.4 is 10.1 Å². The van der Waals surface area contributed by atoms with Gasteiger partial charge in [-0.2, -0.15) is 5.26 Å². The third-order valence-corrected chi connectivity index (χ3v) is 5.70. The summed E-state index contributed by atoms with van der Waals surface area (Å²) in [5.41, 5.74) is 0.896. The third-order valence-electron chi connectivity index (χ3n) is 4.97. The zero-order valence-corrected chi connectivity index (χ0v) is 12.2. The second kappa shape index (κ2) is 4.10. The van der Waals surface area contributed by atoms with Gasteiger partial charge in [-0.25, -0.2) is 9.78 Å². The first kappa shape index (κ1) is 12.9. The van der Waals surface area contributed by atoms with Crippen LogP contribution >= 0.6 is 11.3 Å². The Morgan fingerprint density at radius 2 is 2.24 bits per heavy atom. The molecule has 5 rings (SSSR count). The summed E-state index contributed by atoms with van der Waals surface area (Å²) in [5.74, 6) is 0.133. The van der Waals surface area contributed by atoms with Crippen molar-refractivity contribution in [1.82, 2.24) is 10.3 Å². The molecule has 4 saturated carbocycles. The smallest absolute Gasteiger partial charge is 0.405 e. The van der Waals surface area contributed by atoms with Crippen molar-refractivity contribution < 1.29 is 14.6 Å². The summed E-state index contributed by atoms with van der Waals surface area (Å²) in [5, 5.41) is 22.9. The van der Waals surface area contributed by atoms with E-state index in [1.165, 1.54) is 11.3 Å². The lowest BCUT2D eigenvalue weighted by atomic mass is 9.38. The summed E-state index contributed by atoms with van der Waals surface area (Å²) in [7, 11) is 0. The van der Waals surface area contributed by atoms with Gasteiger partial charge in [-0.3, -0.25) is 0 Å². The Balaban J connectivity index is 1.35. The number of hydrogen-bond donors (Lipinski definition) is 2. The standard InChI is InChI=1S/C14H15N3O3S/c15-3-8-1-9(2-8)20-12-16-10(4-21-12)13-5-14(6-13,7-13)17-11(18)19/h4,8-9,17H,1-2,5-7H2,(H,18,19). The highest BCUT2D eigenvalue weighted by Gasteiger charge is 2.70. The molecular weight excluding hydrogens is 290 g/mol. The van der Waals surface area contributed by atoms with Crippen LogP contribution in [0.15, 0.2) is 5.38 Å². The molecule has 4 aliphatic rings. The molecule has 6 nitrogen and oxygen atoms in total. The van der Waals surface area contributed by atoms with Crippen LogP contribution in [0.2, 0.25) is 0 Å². The van der Waals surface area contributed by atoms with Crippen LogP contribution in [0.3, 0.4) is 0 Å². The van der Waals surface area contributed by atoms with Crippen molar-refractivity contribution in [2.24, 2.45) is 5.92 Å². The van der Waals surface area contributed by atoms with Gasteiger partial charge in [-0.1, -0.05) is 11.3 Å². The molecule has 0 saturated heterocycles. The Hall–Kier alpha value is -1.81. The van der Waals surface area contributed by atoms with E-state index in [1.54, 1.807) is 0 Å². The van der Waals surface area contributed by atoms with E-state index >= 15 is 0 Å². The average Bonchev–Trinajstić information content (AvgIpc) is 2.74. The van der Waals surface area contributed by atoms with E-state index < -0.39 is 6.09 Å². The van der Waals surface area contributed by atoms with Crippen molar-refractivity contribution in [3.8, 4) is 11.3 Å². The number of aromatic nitrogens is 1. The van der Waals surface area contributed by atoms with E-state index in [0.29, 0.717) is 5.19 Å². The van der Waals surface area contributed by atoms with Gasteiger partial charge in [0.25, 0.3) is 5.19 Å². The fraction of sp³-hybridized carbons (Fsp3) is 0.643. The number of thiazole rings is 1. The number of rotatable bonds is 4. The largest absolute Gasteiger partial charge is 0.467 e. The number of nitrogens with one attached hydrogen (secondary N) is 1. The van der Waals surface area contributed by atoms with Gasteiger partial charge in [-0.15, -0.1) is 0 Å². The highest BCUT2D eigenvalue weighted by atomic mass is 32.1. The van der Waals surface area contributed by atoms with Crippen molar-refractivity contribution in [2.75, 3.05) is 0 Å². The Kier molecular flexibility index (Phi) is 2.52. The molecule has 2 bridgehead atoms. The predicted molar refractivity (Wildman–Crippen MR) is 74.3 cm³/mol. The molecule has 0 spiro atoms. The van der Waals surface area contributed by atoms with Gasteiger partial charge in [0.15, 0.2) is 0 Å². The van der Waals surface area contributed by atoms with E-state index in [0.717, 1.165) is 37.8 Å². The maximum absolute atomic E-state index is 10.7. The quantitative estimate of drug-likeness (QED) is 0.889. The first-order chi connectivity index (χ1) is 10.0. The number of carbonyl (C=O) groups is 1. The molecule has 7 heteroatoms. The average molecular weight is 305 g/mol. The third kappa shape index (κ3) is 1.89. The molecule has 0 radical (unpaired) electrons. The van der Waals surface area contributed by atoms with Crippen molar-refractivity contribution in [2.45, 2.75) is 49.2 Å². The monoisotopic (exact) mass is 305 g/mol. The zero-order chi connectivity index (χ0) is 14.7. The number of carboxylic acid groups (broad SMARTS) is 1. The second-order valence-corrected chi connectivity index (χ2v) is 7.38. The maximum atomic E-state index is 10.7. The first-order valence-corrected chi connectivity index (χ1v) is 7.94. The van der Waals surface area contributed by atoms with E-state index in [1.807, 2.05) is 5.38 Å². The van der Waals surface area contributed by atoms with Gasteiger partial charge in [0.05, 0.1) is 17.7 Å². The first-order valence-electron chi connectivity index (χ1n) is 7.06. The topological polar surface area (TPSA) is 95.2 Å². The summed E-state index contributed by atoms with van der Waals surface area (Å²) in [6.45, 7) is 0. The molecule has 0 aliphatic heterocycles. The van der Waals surface area contributed by atoms with Gasteiger partial charge in [0.2, 0.25) is 0 Å². The number of hydrogen-bond acceptors (Lipinski definition) is 5.